The van der Waals surface area contributed by atoms with Crippen molar-refractivity contribution in [3.05, 3.63) is 117 Å². The van der Waals surface area contributed by atoms with Gasteiger partial charge in [0.2, 0.25) is 5.13 Å². The maximum Gasteiger partial charge on any atom is 0.345 e. The number of hydrogen-bond acceptors (Lipinski definition) is 6. The molecule has 0 saturated heterocycles. The highest BCUT2D eigenvalue weighted by Gasteiger charge is 2.31. The largest absolute Gasteiger partial charge is 0.422 e. The number of fused-ring (bicyclic) bond motifs is 1. The topological polar surface area (TPSA) is 58.7 Å². The van der Waals surface area contributed by atoms with E-state index in [9.17, 15) is 4.79 Å². The Balaban J connectivity index is 1.41. The fourth-order valence-electron chi connectivity index (χ4n) is 4.28. The second-order valence-corrected chi connectivity index (χ2v) is 9.23. The molecule has 1 atom stereocenters. The van der Waals surface area contributed by atoms with Gasteiger partial charge in [0.05, 0.1) is 23.0 Å². The first-order valence-corrected chi connectivity index (χ1v) is 12.0. The highest BCUT2D eigenvalue weighted by atomic mass is 32.1. The van der Waals surface area contributed by atoms with Crippen molar-refractivity contribution in [3.8, 4) is 11.3 Å². The minimum absolute atomic E-state index is 0.0320. The molecule has 1 aliphatic rings. The SMILES string of the molecule is Cc1ccc(C2=NN(c3nc(-c4cc5ccccc5oc4=O)cs3)C(c3ccccc3)C2)cc1. The molecule has 0 radical (unpaired) electrons. The van der Waals surface area contributed by atoms with E-state index in [1.165, 1.54) is 22.5 Å². The molecule has 34 heavy (non-hydrogen) atoms. The van der Waals surface area contributed by atoms with Crippen LogP contribution in [0.2, 0.25) is 0 Å². The van der Waals surface area contributed by atoms with E-state index in [4.69, 9.17) is 14.5 Å². The molecule has 0 N–H and O–H groups in total. The average molecular weight is 464 g/mol. The monoisotopic (exact) mass is 463 g/mol. The van der Waals surface area contributed by atoms with E-state index in [1.807, 2.05) is 52.9 Å². The second kappa shape index (κ2) is 8.39. The van der Waals surface area contributed by atoms with Gasteiger partial charge in [-0.2, -0.15) is 5.10 Å². The number of hydrazone groups is 1. The van der Waals surface area contributed by atoms with Gasteiger partial charge in [-0.1, -0.05) is 78.4 Å². The number of thiazole rings is 1. The van der Waals surface area contributed by atoms with Crippen molar-refractivity contribution in [1.82, 2.24) is 4.98 Å². The van der Waals surface area contributed by atoms with Crippen molar-refractivity contribution < 1.29 is 4.42 Å². The first-order chi connectivity index (χ1) is 16.7. The zero-order chi connectivity index (χ0) is 23.1. The lowest BCUT2D eigenvalue weighted by Crippen LogP contribution is -2.18. The van der Waals surface area contributed by atoms with Crippen LogP contribution in [-0.2, 0) is 0 Å². The fourth-order valence-corrected chi connectivity index (χ4v) is 5.10. The Bertz CT molecular complexity index is 1570. The number of hydrogen-bond donors (Lipinski definition) is 0. The van der Waals surface area contributed by atoms with Crippen molar-refractivity contribution in [2.24, 2.45) is 5.10 Å². The van der Waals surface area contributed by atoms with Gasteiger partial charge < -0.3 is 4.42 Å². The minimum Gasteiger partial charge on any atom is -0.422 e. The molecule has 0 amide bonds. The first-order valence-electron chi connectivity index (χ1n) is 11.1. The van der Waals surface area contributed by atoms with Gasteiger partial charge in [0.1, 0.15) is 5.58 Å². The highest BCUT2D eigenvalue weighted by molar-refractivity contribution is 7.14. The molecule has 6 rings (SSSR count). The Labute approximate surface area is 200 Å². The zero-order valence-corrected chi connectivity index (χ0v) is 19.3. The quantitative estimate of drug-likeness (QED) is 0.283. The highest BCUT2D eigenvalue weighted by Crippen LogP contribution is 2.39. The molecule has 0 saturated carbocycles. The number of nitrogens with zero attached hydrogens (tertiary/aromatic N) is 3. The van der Waals surface area contributed by atoms with E-state index in [0.717, 1.165) is 28.2 Å². The molecule has 2 aromatic heterocycles. The van der Waals surface area contributed by atoms with Crippen molar-refractivity contribution in [1.29, 1.82) is 0 Å². The number of para-hydroxylation sites is 1. The van der Waals surface area contributed by atoms with Crippen LogP contribution in [0.1, 0.15) is 29.2 Å². The molecule has 5 aromatic rings. The molecule has 3 heterocycles. The molecule has 6 heteroatoms. The molecular weight excluding hydrogens is 442 g/mol. The van der Waals surface area contributed by atoms with Crippen LogP contribution in [-0.4, -0.2) is 10.7 Å². The first kappa shape index (κ1) is 20.6. The van der Waals surface area contributed by atoms with Gasteiger partial charge in [0.15, 0.2) is 0 Å². The third-order valence-electron chi connectivity index (χ3n) is 6.08. The van der Waals surface area contributed by atoms with Crippen LogP contribution in [0, 0.1) is 6.92 Å². The number of aromatic nitrogens is 1. The average Bonchev–Trinajstić information content (AvgIpc) is 3.52. The van der Waals surface area contributed by atoms with E-state index in [0.29, 0.717) is 16.8 Å². The van der Waals surface area contributed by atoms with Crippen LogP contribution in [0.25, 0.3) is 22.2 Å². The molecule has 3 aromatic carbocycles. The summed E-state index contributed by atoms with van der Waals surface area (Å²) in [5.74, 6) is 0. The van der Waals surface area contributed by atoms with Crippen molar-refractivity contribution >= 4 is 33.1 Å². The number of anilines is 1. The van der Waals surface area contributed by atoms with Crippen LogP contribution in [0.15, 0.2) is 105 Å². The van der Waals surface area contributed by atoms with Crippen LogP contribution in [0.4, 0.5) is 5.13 Å². The number of aryl methyl sites for hydroxylation is 1. The van der Waals surface area contributed by atoms with Crippen LogP contribution >= 0.6 is 11.3 Å². The molecular formula is C28H21N3O2S. The maximum absolute atomic E-state index is 12.7. The summed E-state index contributed by atoms with van der Waals surface area (Å²) in [6, 6.07) is 28.2. The summed E-state index contributed by atoms with van der Waals surface area (Å²) in [7, 11) is 0. The lowest BCUT2D eigenvalue weighted by Gasteiger charge is -2.21. The molecule has 1 unspecified atom stereocenters. The van der Waals surface area contributed by atoms with Crippen molar-refractivity contribution in [2.75, 3.05) is 5.01 Å². The molecule has 0 spiro atoms. The molecule has 1 aliphatic heterocycles. The fraction of sp³-hybridized carbons (Fsp3) is 0.107. The Morgan fingerprint density at radius 2 is 1.74 bits per heavy atom. The van der Waals surface area contributed by atoms with E-state index < -0.39 is 0 Å². The number of rotatable bonds is 4. The van der Waals surface area contributed by atoms with Crippen molar-refractivity contribution in [3.63, 3.8) is 0 Å². The van der Waals surface area contributed by atoms with Gasteiger partial charge >= 0.3 is 5.63 Å². The summed E-state index contributed by atoms with van der Waals surface area (Å²) in [6.07, 6.45) is 0.778. The Kier molecular flexibility index (Phi) is 5.08. The van der Waals surface area contributed by atoms with Gasteiger partial charge in [-0.3, -0.25) is 0 Å². The summed E-state index contributed by atoms with van der Waals surface area (Å²) in [6.45, 7) is 2.08. The summed E-state index contributed by atoms with van der Waals surface area (Å²) in [5, 5.41) is 10.5. The standard InChI is InChI=1S/C28H21N3O2S/c1-18-11-13-19(14-12-18)23-16-25(20-7-3-2-4-8-20)31(30-23)28-29-24(17-34-28)22-15-21-9-5-6-10-26(21)33-27(22)32/h2-15,17,25H,16H2,1H3. The van der Waals surface area contributed by atoms with Gasteiger partial charge in [-0.15, -0.1) is 11.3 Å². The zero-order valence-electron chi connectivity index (χ0n) is 18.5. The Hall–Kier alpha value is -4.03. The predicted octanol–water partition coefficient (Wildman–Crippen LogP) is 6.58. The minimum atomic E-state index is -0.388. The Morgan fingerprint density at radius 1 is 0.971 bits per heavy atom. The second-order valence-electron chi connectivity index (χ2n) is 8.39. The summed E-state index contributed by atoms with van der Waals surface area (Å²) < 4.78 is 5.52. The normalized spacial score (nSPS) is 15.6. The third kappa shape index (κ3) is 3.72. The molecule has 0 fully saturated rings. The van der Waals surface area contributed by atoms with E-state index in [2.05, 4.69) is 43.3 Å². The van der Waals surface area contributed by atoms with Gasteiger partial charge in [-0.25, -0.2) is 14.8 Å². The summed E-state index contributed by atoms with van der Waals surface area (Å²) in [4.78, 5) is 17.5. The van der Waals surface area contributed by atoms with Crippen LogP contribution in [0.3, 0.4) is 0 Å². The Morgan fingerprint density at radius 3 is 2.56 bits per heavy atom. The lowest BCUT2D eigenvalue weighted by atomic mass is 9.98. The van der Waals surface area contributed by atoms with Gasteiger partial charge in [-0.05, 0) is 30.2 Å². The maximum atomic E-state index is 12.7. The molecule has 0 bridgehead atoms. The summed E-state index contributed by atoms with van der Waals surface area (Å²) >= 11 is 1.48. The van der Waals surface area contributed by atoms with E-state index >= 15 is 0 Å². The third-order valence-corrected chi connectivity index (χ3v) is 6.92. The van der Waals surface area contributed by atoms with E-state index in [-0.39, 0.29) is 11.7 Å². The van der Waals surface area contributed by atoms with Crippen LogP contribution in [0.5, 0.6) is 0 Å². The molecule has 0 aliphatic carbocycles. The lowest BCUT2D eigenvalue weighted by molar-refractivity contribution is 0.563. The van der Waals surface area contributed by atoms with Crippen molar-refractivity contribution in [2.45, 2.75) is 19.4 Å². The summed E-state index contributed by atoms with van der Waals surface area (Å²) in [5.41, 5.74) is 5.78. The molecule has 5 nitrogen and oxygen atoms in total. The smallest absolute Gasteiger partial charge is 0.345 e. The van der Waals surface area contributed by atoms with Gasteiger partial charge in [0.25, 0.3) is 0 Å². The van der Waals surface area contributed by atoms with Gasteiger partial charge in [0, 0.05) is 17.2 Å². The predicted molar refractivity (Wildman–Crippen MR) is 138 cm³/mol. The van der Waals surface area contributed by atoms with Crippen LogP contribution < -0.4 is 10.6 Å². The number of benzene rings is 3. The molecule has 166 valence electrons. The van der Waals surface area contributed by atoms with E-state index in [1.54, 1.807) is 6.07 Å².